The van der Waals surface area contributed by atoms with Crippen molar-refractivity contribution >= 4 is 38.2 Å². The molecule has 0 bridgehead atoms. The Morgan fingerprint density at radius 2 is 2.12 bits per heavy atom. The first-order valence-corrected chi connectivity index (χ1v) is 6.82. The van der Waals surface area contributed by atoms with Gasteiger partial charge in [-0.3, -0.25) is 0 Å². The summed E-state index contributed by atoms with van der Waals surface area (Å²) in [5, 5.41) is 5.60. The summed E-state index contributed by atoms with van der Waals surface area (Å²) in [6, 6.07) is 10.7. The normalized spacial score (nSPS) is 11.1. The fourth-order valence-corrected chi connectivity index (χ4v) is 3.05. The van der Waals surface area contributed by atoms with Crippen LogP contribution in [0.15, 0.2) is 51.8 Å². The zero-order chi connectivity index (χ0) is 11.0. The molecule has 1 aromatic carbocycles. The summed E-state index contributed by atoms with van der Waals surface area (Å²) in [5.74, 6) is 0. The predicted molar refractivity (Wildman–Crippen MR) is 73.1 cm³/mol. The molecule has 0 atom stereocenters. The average Bonchev–Trinajstić information content (AvgIpc) is 2.90. The van der Waals surface area contributed by atoms with Crippen molar-refractivity contribution in [3.63, 3.8) is 0 Å². The summed E-state index contributed by atoms with van der Waals surface area (Å²) in [7, 11) is 0. The van der Waals surface area contributed by atoms with Gasteiger partial charge >= 0.3 is 0 Å². The van der Waals surface area contributed by atoms with E-state index >= 15 is 0 Å². The van der Waals surface area contributed by atoms with Gasteiger partial charge in [0.2, 0.25) is 0 Å². The number of rotatable bonds is 2. The summed E-state index contributed by atoms with van der Waals surface area (Å²) in [5.41, 5.74) is 2.64. The molecule has 0 spiro atoms. The molecule has 0 saturated carbocycles. The fraction of sp³-hybridized carbons (Fsp3) is 0.0769. The van der Waals surface area contributed by atoms with E-state index in [-0.39, 0.29) is 0 Å². The third-order valence-corrected chi connectivity index (χ3v) is 4.12. The third-order valence-electron chi connectivity index (χ3n) is 2.69. The Kier molecular flexibility index (Phi) is 2.58. The highest BCUT2D eigenvalue weighted by atomic mass is 79.9. The Morgan fingerprint density at radius 1 is 1.19 bits per heavy atom. The molecule has 80 valence electrons. The van der Waals surface area contributed by atoms with Gasteiger partial charge in [-0.2, -0.15) is 11.3 Å². The Hall–Kier alpha value is -1.06. The minimum Gasteiger partial charge on any atom is -0.343 e. The zero-order valence-electron chi connectivity index (χ0n) is 8.56. The van der Waals surface area contributed by atoms with E-state index in [1.54, 1.807) is 11.3 Å². The molecule has 2 heterocycles. The number of hydrogen-bond acceptors (Lipinski definition) is 1. The lowest BCUT2D eigenvalue weighted by molar-refractivity contribution is 0.840. The first-order chi connectivity index (χ1) is 7.84. The van der Waals surface area contributed by atoms with Crippen LogP contribution in [-0.4, -0.2) is 4.57 Å². The maximum absolute atomic E-state index is 3.58. The number of thiophene rings is 1. The van der Waals surface area contributed by atoms with Crippen LogP contribution in [0.5, 0.6) is 0 Å². The van der Waals surface area contributed by atoms with Gasteiger partial charge in [-0.05, 0) is 40.6 Å². The van der Waals surface area contributed by atoms with Crippen LogP contribution >= 0.6 is 27.3 Å². The molecule has 0 aliphatic rings. The van der Waals surface area contributed by atoms with E-state index in [4.69, 9.17) is 0 Å². The van der Waals surface area contributed by atoms with Crippen molar-refractivity contribution in [2.24, 2.45) is 0 Å². The van der Waals surface area contributed by atoms with E-state index in [9.17, 15) is 0 Å². The molecular weight excluding hydrogens is 282 g/mol. The second kappa shape index (κ2) is 4.07. The molecular formula is C13H10BrNS. The molecule has 1 nitrogen and oxygen atoms in total. The van der Waals surface area contributed by atoms with Crippen LogP contribution in [0, 0.1) is 0 Å². The predicted octanol–water partition coefficient (Wildman–Crippen LogP) is 4.51. The Bertz CT molecular complexity index is 610. The summed E-state index contributed by atoms with van der Waals surface area (Å²) >= 11 is 5.32. The van der Waals surface area contributed by atoms with Gasteiger partial charge in [0.05, 0.1) is 0 Å². The molecule has 0 fully saturated rings. The molecule has 0 aliphatic heterocycles. The van der Waals surface area contributed by atoms with Gasteiger partial charge in [-0.1, -0.05) is 22.0 Å². The van der Waals surface area contributed by atoms with E-state index in [1.807, 2.05) is 0 Å². The monoisotopic (exact) mass is 291 g/mol. The van der Waals surface area contributed by atoms with Gasteiger partial charge in [0.25, 0.3) is 0 Å². The molecule has 3 heteroatoms. The van der Waals surface area contributed by atoms with Crippen molar-refractivity contribution in [2.45, 2.75) is 6.54 Å². The highest BCUT2D eigenvalue weighted by molar-refractivity contribution is 9.10. The van der Waals surface area contributed by atoms with E-state index < -0.39 is 0 Å². The topological polar surface area (TPSA) is 4.93 Å². The molecule has 0 radical (unpaired) electrons. The van der Waals surface area contributed by atoms with Crippen LogP contribution in [0.2, 0.25) is 0 Å². The van der Waals surface area contributed by atoms with Crippen LogP contribution in [-0.2, 0) is 6.54 Å². The van der Waals surface area contributed by atoms with Crippen LogP contribution < -0.4 is 0 Å². The molecule has 3 rings (SSSR count). The van der Waals surface area contributed by atoms with Gasteiger partial charge in [-0.25, -0.2) is 0 Å². The fourth-order valence-electron chi connectivity index (χ4n) is 1.90. The number of fused-ring (bicyclic) bond motifs is 1. The van der Waals surface area contributed by atoms with Gasteiger partial charge < -0.3 is 4.57 Å². The van der Waals surface area contributed by atoms with Gasteiger partial charge in [-0.15, -0.1) is 0 Å². The third kappa shape index (κ3) is 1.70. The van der Waals surface area contributed by atoms with Crippen LogP contribution in [0.1, 0.15) is 5.56 Å². The van der Waals surface area contributed by atoms with Crippen LogP contribution in [0.4, 0.5) is 0 Å². The minimum absolute atomic E-state index is 0.948. The highest BCUT2D eigenvalue weighted by Crippen LogP contribution is 2.25. The van der Waals surface area contributed by atoms with Gasteiger partial charge in [0, 0.05) is 28.1 Å². The quantitative estimate of drug-likeness (QED) is 0.654. The van der Waals surface area contributed by atoms with Crippen LogP contribution in [0.3, 0.4) is 0 Å². The van der Waals surface area contributed by atoms with Gasteiger partial charge in [0.15, 0.2) is 0 Å². The molecule has 0 saturated heterocycles. The Labute approximate surface area is 106 Å². The molecule has 3 aromatic rings. The standard InChI is InChI=1S/C13H10BrNS/c14-12-2-1-3-13-11(12)4-6-15(13)8-10-5-7-16-9-10/h1-7,9H,8H2. The number of hydrogen-bond donors (Lipinski definition) is 0. The molecule has 0 aliphatic carbocycles. The first-order valence-electron chi connectivity index (χ1n) is 5.09. The number of nitrogens with zero attached hydrogens (tertiary/aromatic N) is 1. The van der Waals surface area contributed by atoms with E-state index in [1.165, 1.54) is 16.5 Å². The van der Waals surface area contributed by atoms with Crippen molar-refractivity contribution in [3.8, 4) is 0 Å². The summed E-state index contributed by atoms with van der Waals surface area (Å²) in [6.07, 6.45) is 2.15. The van der Waals surface area contributed by atoms with E-state index in [0.29, 0.717) is 0 Å². The summed E-state index contributed by atoms with van der Waals surface area (Å²) in [4.78, 5) is 0. The lowest BCUT2D eigenvalue weighted by atomic mass is 10.2. The largest absolute Gasteiger partial charge is 0.343 e. The van der Waals surface area contributed by atoms with Crippen molar-refractivity contribution in [1.82, 2.24) is 4.57 Å². The second-order valence-electron chi connectivity index (χ2n) is 3.75. The van der Waals surface area contributed by atoms with E-state index in [0.717, 1.165) is 11.0 Å². The number of halogens is 1. The molecule has 0 unspecified atom stereocenters. The van der Waals surface area contributed by atoms with Crippen LogP contribution in [0.25, 0.3) is 10.9 Å². The maximum atomic E-state index is 3.58. The minimum atomic E-state index is 0.948. The van der Waals surface area contributed by atoms with Crippen molar-refractivity contribution in [3.05, 3.63) is 57.3 Å². The molecule has 16 heavy (non-hydrogen) atoms. The van der Waals surface area contributed by atoms with Crippen molar-refractivity contribution in [2.75, 3.05) is 0 Å². The van der Waals surface area contributed by atoms with Gasteiger partial charge in [0.1, 0.15) is 0 Å². The zero-order valence-corrected chi connectivity index (χ0v) is 11.0. The first kappa shape index (κ1) is 10.1. The van der Waals surface area contributed by atoms with Crippen molar-refractivity contribution in [1.29, 1.82) is 0 Å². The molecule has 0 amide bonds. The maximum Gasteiger partial charge on any atom is 0.0494 e. The average molecular weight is 292 g/mol. The van der Waals surface area contributed by atoms with Crippen molar-refractivity contribution < 1.29 is 0 Å². The number of benzene rings is 1. The second-order valence-corrected chi connectivity index (χ2v) is 5.38. The summed E-state index contributed by atoms with van der Waals surface area (Å²) in [6.45, 7) is 0.948. The van der Waals surface area contributed by atoms with E-state index in [2.05, 4.69) is 67.8 Å². The highest BCUT2D eigenvalue weighted by Gasteiger charge is 2.04. The number of aromatic nitrogens is 1. The molecule has 2 aromatic heterocycles. The lowest BCUT2D eigenvalue weighted by Crippen LogP contribution is -1.95. The lowest BCUT2D eigenvalue weighted by Gasteiger charge is -2.03. The molecule has 0 N–H and O–H groups in total. The Morgan fingerprint density at radius 3 is 2.94 bits per heavy atom. The SMILES string of the molecule is Brc1cccc2c1ccn2Cc1ccsc1. The smallest absolute Gasteiger partial charge is 0.0494 e. The Balaban J connectivity index is 2.08. The summed E-state index contributed by atoms with van der Waals surface area (Å²) < 4.78 is 3.44.